The Hall–Kier alpha value is -3.11. The molecular weight excluding hydrogens is 308 g/mol. The lowest BCUT2D eigenvalue weighted by Gasteiger charge is -2.09. The van der Waals surface area contributed by atoms with E-state index in [1.165, 1.54) is 19.4 Å². The molecule has 0 aliphatic carbocycles. The number of aryl methyl sites for hydroxylation is 1. The van der Waals surface area contributed by atoms with Gasteiger partial charge in [0.2, 0.25) is 0 Å². The number of nitriles is 1. The SMILES string of the molecule is COCc1cc(C)nc(N/N=C/c2ccc(OC)c(O)c2)c1C#N. The van der Waals surface area contributed by atoms with E-state index in [1.807, 2.05) is 6.92 Å². The molecule has 2 aromatic rings. The maximum absolute atomic E-state index is 9.75. The van der Waals surface area contributed by atoms with Crippen LogP contribution in [-0.4, -0.2) is 30.5 Å². The number of rotatable bonds is 6. The number of aromatic hydroxyl groups is 1. The zero-order valence-corrected chi connectivity index (χ0v) is 13.7. The van der Waals surface area contributed by atoms with Crippen molar-refractivity contribution in [2.75, 3.05) is 19.6 Å². The molecule has 2 rings (SSSR count). The van der Waals surface area contributed by atoms with Crippen LogP contribution in [0.4, 0.5) is 5.82 Å². The van der Waals surface area contributed by atoms with Crippen LogP contribution in [0, 0.1) is 18.3 Å². The van der Waals surface area contributed by atoms with Crippen molar-refractivity contribution in [1.29, 1.82) is 5.26 Å². The number of benzene rings is 1. The lowest BCUT2D eigenvalue weighted by molar-refractivity contribution is 0.184. The van der Waals surface area contributed by atoms with Gasteiger partial charge in [0.15, 0.2) is 17.3 Å². The molecule has 24 heavy (non-hydrogen) atoms. The van der Waals surface area contributed by atoms with Gasteiger partial charge in [-0.3, -0.25) is 5.43 Å². The molecule has 0 radical (unpaired) electrons. The molecule has 7 nitrogen and oxygen atoms in total. The van der Waals surface area contributed by atoms with Crippen LogP contribution in [0.3, 0.4) is 0 Å². The van der Waals surface area contributed by atoms with Crippen LogP contribution in [-0.2, 0) is 11.3 Å². The van der Waals surface area contributed by atoms with Gasteiger partial charge in [0, 0.05) is 18.4 Å². The standard InChI is InChI=1S/C17H18N4O3/c1-11-6-13(10-23-2)14(8-18)17(20-11)21-19-9-12-4-5-16(24-3)15(22)7-12/h4-7,9,22H,10H2,1-3H3,(H,20,21)/b19-9+. The molecule has 1 aromatic heterocycles. The van der Waals surface area contributed by atoms with Gasteiger partial charge in [-0.1, -0.05) is 0 Å². The number of hydrogen-bond donors (Lipinski definition) is 2. The average molecular weight is 326 g/mol. The van der Waals surface area contributed by atoms with E-state index < -0.39 is 0 Å². The second-order valence-corrected chi connectivity index (χ2v) is 4.99. The Labute approximate surface area is 140 Å². The maximum Gasteiger partial charge on any atom is 0.164 e. The van der Waals surface area contributed by atoms with E-state index in [2.05, 4.69) is 21.6 Å². The number of phenolic OH excluding ortho intramolecular Hbond substituents is 1. The van der Waals surface area contributed by atoms with Crippen LogP contribution >= 0.6 is 0 Å². The maximum atomic E-state index is 9.75. The minimum Gasteiger partial charge on any atom is -0.504 e. The van der Waals surface area contributed by atoms with Gasteiger partial charge in [0.05, 0.1) is 19.9 Å². The minimum atomic E-state index is 0.0234. The fourth-order valence-corrected chi connectivity index (χ4v) is 2.17. The van der Waals surface area contributed by atoms with Crippen molar-refractivity contribution in [3.63, 3.8) is 0 Å². The molecule has 0 atom stereocenters. The molecule has 0 bridgehead atoms. The number of nitrogens with one attached hydrogen (secondary N) is 1. The molecule has 124 valence electrons. The summed E-state index contributed by atoms with van der Waals surface area (Å²) in [4.78, 5) is 4.29. The molecule has 0 aliphatic rings. The number of phenols is 1. The summed E-state index contributed by atoms with van der Waals surface area (Å²) in [5.74, 6) is 0.769. The Balaban J connectivity index is 2.22. The average Bonchev–Trinajstić information content (AvgIpc) is 2.55. The van der Waals surface area contributed by atoms with E-state index in [0.29, 0.717) is 29.3 Å². The molecule has 0 saturated carbocycles. The quantitative estimate of drug-likeness (QED) is 0.625. The summed E-state index contributed by atoms with van der Waals surface area (Å²) in [6.45, 7) is 2.15. The minimum absolute atomic E-state index is 0.0234. The number of methoxy groups -OCH3 is 2. The molecular formula is C17H18N4O3. The first-order chi connectivity index (χ1) is 11.6. The highest BCUT2D eigenvalue weighted by molar-refractivity contribution is 5.81. The van der Waals surface area contributed by atoms with Crippen molar-refractivity contribution >= 4 is 12.0 Å². The van der Waals surface area contributed by atoms with Crippen molar-refractivity contribution in [1.82, 2.24) is 4.98 Å². The molecule has 0 fully saturated rings. The van der Waals surface area contributed by atoms with Crippen molar-refractivity contribution in [3.8, 4) is 17.6 Å². The van der Waals surface area contributed by atoms with Crippen molar-refractivity contribution in [3.05, 3.63) is 46.6 Å². The Kier molecular flexibility index (Phi) is 5.71. The Bertz CT molecular complexity index is 797. The molecule has 7 heteroatoms. The normalized spacial score (nSPS) is 10.6. The molecule has 0 spiro atoms. The van der Waals surface area contributed by atoms with Crippen LogP contribution in [0.25, 0.3) is 0 Å². The third-order valence-electron chi connectivity index (χ3n) is 3.23. The van der Waals surface area contributed by atoms with Crippen LogP contribution in [0.15, 0.2) is 29.4 Å². The summed E-state index contributed by atoms with van der Waals surface area (Å²) < 4.78 is 10.1. The lowest BCUT2D eigenvalue weighted by Crippen LogP contribution is -2.03. The summed E-state index contributed by atoms with van der Waals surface area (Å²) in [7, 11) is 3.05. The van der Waals surface area contributed by atoms with Gasteiger partial charge < -0.3 is 14.6 Å². The topological polar surface area (TPSA) is 99.8 Å². The monoisotopic (exact) mass is 326 g/mol. The van der Waals surface area contributed by atoms with Crippen molar-refractivity contribution in [2.45, 2.75) is 13.5 Å². The highest BCUT2D eigenvalue weighted by Crippen LogP contribution is 2.25. The number of hydrogen-bond acceptors (Lipinski definition) is 7. The number of nitrogens with zero attached hydrogens (tertiary/aromatic N) is 3. The first-order valence-corrected chi connectivity index (χ1v) is 7.14. The first-order valence-electron chi connectivity index (χ1n) is 7.14. The van der Waals surface area contributed by atoms with E-state index in [0.717, 1.165) is 11.3 Å². The zero-order chi connectivity index (χ0) is 17.5. The van der Waals surface area contributed by atoms with Crippen molar-refractivity contribution < 1.29 is 14.6 Å². The molecule has 2 N–H and O–H groups in total. The fraction of sp³-hybridized carbons (Fsp3) is 0.235. The first kappa shape index (κ1) is 17.2. The molecule has 0 unspecified atom stereocenters. The number of pyridine rings is 1. The highest BCUT2D eigenvalue weighted by Gasteiger charge is 2.10. The van der Waals surface area contributed by atoms with Gasteiger partial charge in [0.25, 0.3) is 0 Å². The van der Waals surface area contributed by atoms with Crippen LogP contribution in [0.1, 0.15) is 22.4 Å². The van der Waals surface area contributed by atoms with Gasteiger partial charge >= 0.3 is 0 Å². The third kappa shape index (κ3) is 4.00. The van der Waals surface area contributed by atoms with E-state index in [-0.39, 0.29) is 5.75 Å². The summed E-state index contributed by atoms with van der Waals surface area (Å²) in [5.41, 5.74) is 5.32. The summed E-state index contributed by atoms with van der Waals surface area (Å²) in [6, 6.07) is 8.82. The number of hydrazone groups is 1. The summed E-state index contributed by atoms with van der Waals surface area (Å²) in [6.07, 6.45) is 1.51. The van der Waals surface area contributed by atoms with Crippen molar-refractivity contribution in [2.24, 2.45) is 5.10 Å². The second kappa shape index (κ2) is 7.94. The summed E-state index contributed by atoms with van der Waals surface area (Å²) >= 11 is 0. The Morgan fingerprint density at radius 2 is 2.17 bits per heavy atom. The van der Waals surface area contributed by atoms with Crippen LogP contribution in [0.5, 0.6) is 11.5 Å². The van der Waals surface area contributed by atoms with Crippen LogP contribution in [0.2, 0.25) is 0 Å². The smallest absolute Gasteiger partial charge is 0.164 e. The number of ether oxygens (including phenoxy) is 2. The highest BCUT2D eigenvalue weighted by atomic mass is 16.5. The van der Waals surface area contributed by atoms with E-state index in [1.54, 1.807) is 25.3 Å². The molecule has 0 aliphatic heterocycles. The Morgan fingerprint density at radius 3 is 2.79 bits per heavy atom. The molecule has 0 saturated heterocycles. The van der Waals surface area contributed by atoms with Gasteiger partial charge in [-0.2, -0.15) is 10.4 Å². The largest absolute Gasteiger partial charge is 0.504 e. The van der Waals surface area contributed by atoms with E-state index in [4.69, 9.17) is 9.47 Å². The van der Waals surface area contributed by atoms with Gasteiger partial charge in [-0.15, -0.1) is 0 Å². The zero-order valence-electron chi connectivity index (χ0n) is 13.7. The van der Waals surface area contributed by atoms with Gasteiger partial charge in [-0.25, -0.2) is 4.98 Å². The number of anilines is 1. The lowest BCUT2D eigenvalue weighted by atomic mass is 10.1. The predicted molar refractivity (Wildman–Crippen MR) is 90.3 cm³/mol. The van der Waals surface area contributed by atoms with Gasteiger partial charge in [0.1, 0.15) is 11.6 Å². The third-order valence-corrected chi connectivity index (χ3v) is 3.23. The predicted octanol–water partition coefficient (Wildman–Crippen LogP) is 2.57. The fourth-order valence-electron chi connectivity index (χ4n) is 2.17. The van der Waals surface area contributed by atoms with Gasteiger partial charge in [-0.05, 0) is 36.8 Å². The molecule has 1 aromatic carbocycles. The Morgan fingerprint density at radius 1 is 1.38 bits per heavy atom. The second-order valence-electron chi connectivity index (χ2n) is 4.99. The number of aromatic nitrogens is 1. The molecule has 1 heterocycles. The van der Waals surface area contributed by atoms with E-state index in [9.17, 15) is 10.4 Å². The van der Waals surface area contributed by atoms with E-state index >= 15 is 0 Å². The molecule has 0 amide bonds. The van der Waals surface area contributed by atoms with Crippen LogP contribution < -0.4 is 10.2 Å². The summed E-state index contributed by atoms with van der Waals surface area (Å²) in [5, 5.41) is 23.2.